The zero-order valence-corrected chi connectivity index (χ0v) is 23.1. The van der Waals surface area contributed by atoms with E-state index >= 15 is 0 Å². The molecule has 0 bridgehead atoms. The number of aliphatic hydroxyl groups is 1. The quantitative estimate of drug-likeness (QED) is 0.143. The Bertz CT molecular complexity index is 1130. The average molecular weight is 670 g/mol. The van der Waals surface area contributed by atoms with Crippen LogP contribution in [-0.2, 0) is 24.9 Å². The number of nitrogens with zero attached hydrogens (tertiary/aromatic N) is 5. The van der Waals surface area contributed by atoms with Crippen LogP contribution in [0.15, 0.2) is 109 Å². The number of aromatic nitrogens is 3. The van der Waals surface area contributed by atoms with Crippen LogP contribution in [0.5, 0.6) is 0 Å². The number of hydrogen-bond donors (Lipinski definition) is 1. The fourth-order valence-electron chi connectivity index (χ4n) is 3.26. The van der Waals surface area contributed by atoms with Crippen LogP contribution in [0.1, 0.15) is 13.8 Å². The van der Waals surface area contributed by atoms with Crippen LogP contribution in [-0.4, -0.2) is 46.5 Å². The minimum atomic E-state index is -0.125. The first-order valence-electron chi connectivity index (χ1n) is 11.5. The Morgan fingerprint density at radius 1 is 0.838 bits per heavy atom. The minimum absolute atomic E-state index is 0. The molecule has 0 saturated carbocycles. The summed E-state index contributed by atoms with van der Waals surface area (Å²) < 4.78 is 0. The second-order valence-electron chi connectivity index (χ2n) is 7.77. The van der Waals surface area contributed by atoms with E-state index in [1.165, 1.54) is 19.9 Å². The molecule has 1 aliphatic heterocycles. The van der Waals surface area contributed by atoms with Gasteiger partial charge in [-0.05, 0) is 49.9 Å². The summed E-state index contributed by atoms with van der Waals surface area (Å²) in [5.74, 6) is 1.89. The molecule has 1 aromatic carbocycles. The second kappa shape index (κ2) is 16.0. The van der Waals surface area contributed by atoms with E-state index in [4.69, 9.17) is 5.11 Å². The van der Waals surface area contributed by atoms with Gasteiger partial charge in [-0.2, -0.15) is 0 Å². The Morgan fingerprint density at radius 2 is 1.38 bits per heavy atom. The molecule has 9 heteroatoms. The van der Waals surface area contributed by atoms with Crippen molar-refractivity contribution in [2.24, 2.45) is 0 Å². The van der Waals surface area contributed by atoms with Crippen LogP contribution in [0.4, 0.5) is 11.6 Å². The normalized spacial score (nSPS) is 12.1. The monoisotopic (exact) mass is 670 g/mol. The van der Waals surface area contributed by atoms with Crippen molar-refractivity contribution in [2.75, 3.05) is 22.7 Å². The number of hydrogen-bond acceptors (Lipinski definition) is 7. The number of ketones is 1. The van der Waals surface area contributed by atoms with E-state index in [9.17, 15) is 4.79 Å². The number of anilines is 2. The van der Waals surface area contributed by atoms with Crippen LogP contribution in [0, 0.1) is 6.07 Å². The van der Waals surface area contributed by atoms with Crippen molar-refractivity contribution < 1.29 is 30.0 Å². The Hall–Kier alpha value is -3.81. The van der Waals surface area contributed by atoms with Crippen molar-refractivity contribution in [2.45, 2.75) is 13.8 Å². The number of carbonyl (C=O) groups is 1. The molecule has 5 rings (SSSR count). The van der Waals surface area contributed by atoms with Crippen LogP contribution >= 0.6 is 0 Å². The minimum Gasteiger partial charge on any atom is -0.512 e. The number of benzene rings is 1. The van der Waals surface area contributed by atoms with Gasteiger partial charge in [0.15, 0.2) is 5.78 Å². The molecule has 0 spiro atoms. The zero-order chi connectivity index (χ0) is 25.6. The van der Waals surface area contributed by atoms with E-state index < -0.39 is 0 Å². The standard InChI is InChI=1S/C12H12BN4.C11H8N.C5H8O2.Ir/c1-3-7-14-11(5-1)16-9-10-17(13-16)12-6-2-4-8-15-12;1-2-6-10(7-3-1)11-8-4-5-9-12-11;1-4(6)3-5(2)7;/h1-8H,9-10H2;1-6,8-9H;3,6H,1-2H3;/q;-1;;/b;;4-3-;. The largest absolute Gasteiger partial charge is 0.512 e. The summed E-state index contributed by atoms with van der Waals surface area (Å²) in [6.07, 6.45) is 6.58. The molecule has 2 radical (unpaired) electrons. The molecular formula is C28H28BIrN5O2-. The average Bonchev–Trinajstić information content (AvgIpc) is 3.41. The number of aliphatic hydroxyl groups excluding tert-OH is 1. The van der Waals surface area contributed by atoms with Gasteiger partial charge >= 0.3 is 7.55 Å². The van der Waals surface area contributed by atoms with Crippen LogP contribution in [0.2, 0.25) is 0 Å². The SMILES string of the molecule is CC(=O)/C=C(/C)O.[B]1N(c2ccccn2)CCN1c1ccccn1.[Ir].[c-]1ccccc1-c1ccccn1. The molecule has 1 aliphatic rings. The smallest absolute Gasteiger partial charge is 0.394 e. The van der Waals surface area contributed by atoms with Crippen molar-refractivity contribution in [3.05, 3.63) is 115 Å². The summed E-state index contributed by atoms with van der Waals surface area (Å²) >= 11 is 0. The van der Waals surface area contributed by atoms with Crippen molar-refractivity contribution in [3.63, 3.8) is 0 Å². The molecule has 4 aromatic rings. The maximum atomic E-state index is 10.0. The summed E-state index contributed by atoms with van der Waals surface area (Å²) in [5, 5.41) is 8.36. The van der Waals surface area contributed by atoms with Crippen LogP contribution in [0.25, 0.3) is 11.3 Å². The summed E-state index contributed by atoms with van der Waals surface area (Å²) in [5.41, 5.74) is 2.01. The van der Waals surface area contributed by atoms with E-state index in [1.54, 1.807) is 6.20 Å². The molecule has 0 amide bonds. The third-order valence-electron chi connectivity index (χ3n) is 4.81. The maximum Gasteiger partial charge on any atom is 0.394 e. The molecule has 7 nitrogen and oxygen atoms in total. The van der Waals surface area contributed by atoms with E-state index in [0.717, 1.165) is 36.0 Å². The van der Waals surface area contributed by atoms with E-state index in [0.29, 0.717) is 0 Å². The third kappa shape index (κ3) is 10.4. The molecular weight excluding hydrogens is 641 g/mol. The van der Waals surface area contributed by atoms with Gasteiger partial charge in [0.2, 0.25) is 0 Å². The van der Waals surface area contributed by atoms with E-state index in [1.807, 2.05) is 91.3 Å². The van der Waals surface area contributed by atoms with Crippen LogP contribution < -0.4 is 9.62 Å². The number of pyridine rings is 3. The number of allylic oxidation sites excluding steroid dienone is 2. The van der Waals surface area contributed by atoms with E-state index in [-0.39, 0.29) is 31.6 Å². The molecule has 0 unspecified atom stereocenters. The molecule has 190 valence electrons. The fraction of sp³-hybridized carbons (Fsp3) is 0.143. The Balaban J connectivity index is 0.000000212. The fourth-order valence-corrected chi connectivity index (χ4v) is 3.26. The Kier molecular flexibility index (Phi) is 12.8. The van der Waals surface area contributed by atoms with Gasteiger partial charge in [0.1, 0.15) is 11.6 Å². The first-order valence-corrected chi connectivity index (χ1v) is 11.5. The first-order chi connectivity index (χ1) is 17.5. The summed E-state index contributed by atoms with van der Waals surface area (Å²) in [6.45, 7) is 4.72. The molecule has 1 saturated heterocycles. The summed E-state index contributed by atoms with van der Waals surface area (Å²) in [7, 11) is 2.06. The van der Waals surface area contributed by atoms with Gasteiger partial charge in [-0.15, -0.1) is 35.9 Å². The van der Waals surface area contributed by atoms with E-state index in [2.05, 4.69) is 38.2 Å². The van der Waals surface area contributed by atoms with Gasteiger partial charge in [0.05, 0.1) is 5.76 Å². The first kappa shape index (κ1) is 29.4. The third-order valence-corrected chi connectivity index (χ3v) is 4.81. The number of carbonyl (C=O) groups excluding carboxylic acids is 1. The van der Waals surface area contributed by atoms with Gasteiger partial charge in [0, 0.05) is 57.9 Å². The number of rotatable bonds is 4. The van der Waals surface area contributed by atoms with Crippen molar-refractivity contribution >= 4 is 25.0 Å². The second-order valence-corrected chi connectivity index (χ2v) is 7.77. The molecule has 1 fully saturated rings. The molecule has 3 aromatic heterocycles. The zero-order valence-electron chi connectivity index (χ0n) is 20.7. The molecule has 37 heavy (non-hydrogen) atoms. The Labute approximate surface area is 232 Å². The van der Waals surface area contributed by atoms with Gasteiger partial charge in [0.25, 0.3) is 0 Å². The maximum absolute atomic E-state index is 10.0. The molecule has 0 aliphatic carbocycles. The van der Waals surface area contributed by atoms with Crippen LogP contribution in [0.3, 0.4) is 0 Å². The molecule has 4 heterocycles. The van der Waals surface area contributed by atoms with Gasteiger partial charge in [-0.25, -0.2) is 9.97 Å². The Morgan fingerprint density at radius 3 is 1.76 bits per heavy atom. The topological polar surface area (TPSA) is 82.5 Å². The van der Waals surface area contributed by atoms with Crippen molar-refractivity contribution in [1.82, 2.24) is 15.0 Å². The predicted octanol–water partition coefficient (Wildman–Crippen LogP) is 4.92. The summed E-state index contributed by atoms with van der Waals surface area (Å²) in [4.78, 5) is 27.2. The van der Waals surface area contributed by atoms with Crippen molar-refractivity contribution in [1.29, 1.82) is 0 Å². The van der Waals surface area contributed by atoms with Gasteiger partial charge in [-0.1, -0.05) is 24.3 Å². The molecule has 1 N–H and O–H groups in total. The van der Waals surface area contributed by atoms with Gasteiger partial charge in [-0.3, -0.25) is 4.79 Å². The molecule has 0 atom stereocenters. The summed E-state index contributed by atoms with van der Waals surface area (Å²) in [6, 6.07) is 28.7. The van der Waals surface area contributed by atoms with Gasteiger partial charge < -0.3 is 19.7 Å². The van der Waals surface area contributed by atoms with Crippen molar-refractivity contribution in [3.8, 4) is 11.3 Å². The predicted molar refractivity (Wildman–Crippen MR) is 144 cm³/mol.